The van der Waals surface area contributed by atoms with Crippen LogP contribution in [0.4, 0.5) is 4.79 Å². The fraction of sp³-hybridized carbons (Fsp3) is 0. The van der Waals surface area contributed by atoms with Crippen LogP contribution in [0.5, 0.6) is 0 Å². The minimum absolute atomic E-state index is 0.0103. The highest BCUT2D eigenvalue weighted by atomic mass is 35.5. The van der Waals surface area contributed by atoms with Gasteiger partial charge >= 0.3 is 6.09 Å². The lowest BCUT2D eigenvalue weighted by Gasteiger charge is -2.02. The number of halogens is 4. The molecule has 0 saturated carbocycles. The molecule has 1 aromatic rings. The van der Waals surface area contributed by atoms with E-state index in [0.29, 0.717) is 10.6 Å². The Morgan fingerprint density at radius 2 is 1.79 bits per heavy atom. The lowest BCUT2D eigenvalue weighted by Crippen LogP contribution is -2.22. The fourth-order valence-corrected chi connectivity index (χ4v) is 1.22. The lowest BCUT2D eigenvalue weighted by molar-refractivity contribution is 0.154. The summed E-state index contributed by atoms with van der Waals surface area (Å²) < 4.78 is -0.312. The van der Waals surface area contributed by atoms with Crippen molar-refractivity contribution in [2.75, 3.05) is 0 Å². The number of benzene rings is 1. The van der Waals surface area contributed by atoms with Crippen molar-refractivity contribution in [2.45, 2.75) is 0 Å². The van der Waals surface area contributed by atoms with Gasteiger partial charge in [0.1, 0.15) is 9.65 Å². The number of amides is 1. The van der Waals surface area contributed by atoms with E-state index in [0.717, 1.165) is 0 Å². The van der Waals surface area contributed by atoms with Crippen molar-refractivity contribution in [1.82, 2.24) is 5.32 Å². The molecule has 0 aliphatic heterocycles. The first-order valence-corrected chi connectivity index (χ1v) is 6.19. The minimum Gasteiger partial charge on any atom is -0.380 e. The summed E-state index contributed by atoms with van der Waals surface area (Å²) in [6.07, 6.45) is -0.985. The average Bonchev–Trinajstić information content (AvgIpc) is 2.36. The molecule has 0 radical (unpaired) electrons. The van der Waals surface area contributed by atoms with E-state index in [9.17, 15) is 4.79 Å². The molecular formula is C10H7Cl4N3O2. The van der Waals surface area contributed by atoms with Gasteiger partial charge in [0.2, 0.25) is 0 Å². The summed E-state index contributed by atoms with van der Waals surface area (Å²) in [6.45, 7) is 0. The van der Waals surface area contributed by atoms with Crippen molar-refractivity contribution >= 4 is 58.3 Å². The highest BCUT2D eigenvalue weighted by Gasteiger charge is 2.07. The van der Waals surface area contributed by atoms with E-state index < -0.39 is 6.09 Å². The molecule has 102 valence electrons. The van der Waals surface area contributed by atoms with Crippen molar-refractivity contribution in [2.24, 2.45) is 10.9 Å². The first-order chi connectivity index (χ1) is 8.90. The summed E-state index contributed by atoms with van der Waals surface area (Å²) >= 11 is 21.8. The van der Waals surface area contributed by atoms with Crippen LogP contribution in [0.2, 0.25) is 5.02 Å². The number of hydrogen-bond donors (Lipinski definition) is 2. The van der Waals surface area contributed by atoms with Crippen molar-refractivity contribution in [3.63, 3.8) is 0 Å². The Morgan fingerprint density at radius 1 is 1.21 bits per heavy atom. The highest BCUT2D eigenvalue weighted by molar-refractivity contribution is 6.59. The van der Waals surface area contributed by atoms with Gasteiger partial charge in [0.05, 0.1) is 0 Å². The molecule has 0 saturated heterocycles. The van der Waals surface area contributed by atoms with E-state index in [1.54, 1.807) is 24.3 Å². The molecular weight excluding hydrogens is 336 g/mol. The van der Waals surface area contributed by atoms with E-state index in [2.05, 4.69) is 9.99 Å². The summed E-state index contributed by atoms with van der Waals surface area (Å²) in [5.74, 6) is -0.0103. The molecule has 1 rings (SSSR count). The van der Waals surface area contributed by atoms with Crippen LogP contribution in [0, 0.1) is 0 Å². The summed E-state index contributed by atoms with van der Waals surface area (Å²) in [5, 5.41) is 5.70. The molecule has 0 unspecified atom stereocenters. The second kappa shape index (κ2) is 7.45. The van der Waals surface area contributed by atoms with E-state index in [1.807, 2.05) is 5.32 Å². The summed E-state index contributed by atoms with van der Waals surface area (Å²) in [7, 11) is 0. The monoisotopic (exact) mass is 341 g/mol. The van der Waals surface area contributed by atoms with Gasteiger partial charge in [-0.2, -0.15) is 0 Å². The summed E-state index contributed by atoms with van der Waals surface area (Å²) in [6, 6.07) is 6.47. The molecule has 5 nitrogen and oxygen atoms in total. The molecule has 0 heterocycles. The van der Waals surface area contributed by atoms with Crippen molar-refractivity contribution in [3.05, 3.63) is 44.5 Å². The Hall–Kier alpha value is -1.14. The van der Waals surface area contributed by atoms with Gasteiger partial charge in [-0.1, -0.05) is 51.6 Å². The number of nitrogens with one attached hydrogen (secondary N) is 1. The number of nitrogens with two attached hydrogens (primary N) is 1. The predicted molar refractivity (Wildman–Crippen MR) is 76.4 cm³/mol. The zero-order valence-corrected chi connectivity index (χ0v) is 12.2. The Balaban J connectivity index is 2.64. The number of amidine groups is 1. The second-order valence-electron chi connectivity index (χ2n) is 3.06. The quantitative estimate of drug-likeness (QED) is 0.290. The molecule has 3 N–H and O–H groups in total. The Labute approximate surface area is 128 Å². The number of oxime groups is 1. The van der Waals surface area contributed by atoms with Crippen LogP contribution in [0.15, 0.2) is 39.1 Å². The molecule has 0 atom stereocenters. The average molecular weight is 343 g/mol. The molecule has 1 aromatic carbocycles. The van der Waals surface area contributed by atoms with Gasteiger partial charge in [0.15, 0.2) is 5.84 Å². The van der Waals surface area contributed by atoms with E-state index in [4.69, 9.17) is 52.1 Å². The summed E-state index contributed by atoms with van der Waals surface area (Å²) in [4.78, 5) is 15.6. The van der Waals surface area contributed by atoms with Gasteiger partial charge in [0, 0.05) is 10.6 Å². The van der Waals surface area contributed by atoms with Crippen LogP contribution in [0.25, 0.3) is 0 Å². The van der Waals surface area contributed by atoms with Crippen LogP contribution in [-0.2, 0) is 4.84 Å². The fourth-order valence-electron chi connectivity index (χ4n) is 0.924. The molecule has 0 aliphatic carbocycles. The molecule has 0 aromatic heterocycles. The normalized spacial score (nSPS) is 10.8. The first-order valence-electron chi connectivity index (χ1n) is 4.68. The molecule has 0 fully saturated rings. The van der Waals surface area contributed by atoms with Crippen molar-refractivity contribution < 1.29 is 9.63 Å². The third kappa shape index (κ3) is 5.57. The predicted octanol–water partition coefficient (Wildman–Crippen LogP) is 3.53. The van der Waals surface area contributed by atoms with E-state index in [-0.39, 0.29) is 15.5 Å². The molecule has 9 heteroatoms. The first kappa shape index (κ1) is 15.9. The van der Waals surface area contributed by atoms with Gasteiger partial charge in [-0.25, -0.2) is 4.79 Å². The third-order valence-corrected chi connectivity index (χ3v) is 2.85. The largest absolute Gasteiger partial charge is 0.438 e. The van der Waals surface area contributed by atoms with Gasteiger partial charge in [-0.15, -0.1) is 0 Å². The number of carbonyl (C=O) groups is 1. The van der Waals surface area contributed by atoms with Crippen LogP contribution >= 0.6 is 46.4 Å². The Kier molecular flexibility index (Phi) is 6.24. The number of rotatable bonds is 3. The van der Waals surface area contributed by atoms with Gasteiger partial charge in [-0.3, -0.25) is 10.2 Å². The van der Waals surface area contributed by atoms with Crippen LogP contribution in [0.1, 0.15) is 5.56 Å². The highest BCUT2D eigenvalue weighted by Crippen LogP contribution is 2.15. The lowest BCUT2D eigenvalue weighted by atomic mass is 10.2. The van der Waals surface area contributed by atoms with Crippen LogP contribution < -0.4 is 11.1 Å². The number of nitrogens with zero attached hydrogens (tertiary/aromatic N) is 1. The zero-order valence-electron chi connectivity index (χ0n) is 9.16. The maximum absolute atomic E-state index is 11.2. The van der Waals surface area contributed by atoms with Crippen molar-refractivity contribution in [1.29, 1.82) is 0 Å². The Bertz CT molecular complexity index is 524. The van der Waals surface area contributed by atoms with Gasteiger partial charge < -0.3 is 5.73 Å². The maximum Gasteiger partial charge on any atom is 0.438 e. The topological polar surface area (TPSA) is 76.7 Å². The van der Waals surface area contributed by atoms with E-state index >= 15 is 0 Å². The summed E-state index contributed by atoms with van der Waals surface area (Å²) in [5.41, 5.74) is 6.13. The number of hydrogen-bond acceptors (Lipinski definition) is 3. The molecule has 1 amide bonds. The molecule has 0 aliphatic rings. The standard InChI is InChI=1S/C10H7Cl4N3O2/c11-6-3-1-5(2-4-6)9(15)17-19-10(18)16-8(14)7(12)13/h1-4H,(H2,15,17)(H,16,18). The second-order valence-corrected chi connectivity index (χ2v) is 4.83. The minimum atomic E-state index is -0.985. The number of carbonyl (C=O) groups excluding carboxylic acids is 1. The van der Waals surface area contributed by atoms with Crippen LogP contribution in [-0.4, -0.2) is 11.9 Å². The SMILES string of the molecule is N/C(=N\OC(=O)NC(Cl)=C(Cl)Cl)c1ccc(Cl)cc1. The maximum atomic E-state index is 11.2. The Morgan fingerprint density at radius 3 is 2.32 bits per heavy atom. The van der Waals surface area contributed by atoms with Gasteiger partial charge in [0.25, 0.3) is 0 Å². The van der Waals surface area contributed by atoms with E-state index in [1.165, 1.54) is 0 Å². The molecule has 0 spiro atoms. The molecule has 19 heavy (non-hydrogen) atoms. The third-order valence-electron chi connectivity index (χ3n) is 1.74. The van der Waals surface area contributed by atoms with Crippen LogP contribution in [0.3, 0.4) is 0 Å². The smallest absolute Gasteiger partial charge is 0.380 e. The van der Waals surface area contributed by atoms with Gasteiger partial charge in [-0.05, 0) is 24.3 Å². The van der Waals surface area contributed by atoms with Crippen molar-refractivity contribution in [3.8, 4) is 0 Å². The zero-order chi connectivity index (χ0) is 14.4. The molecule has 0 bridgehead atoms.